The van der Waals surface area contributed by atoms with Crippen molar-refractivity contribution in [3.63, 3.8) is 0 Å². The third kappa shape index (κ3) is 4.82. The highest BCUT2D eigenvalue weighted by Crippen LogP contribution is 2.46. The van der Waals surface area contributed by atoms with Crippen LogP contribution in [0.2, 0.25) is 0 Å². The molecule has 0 spiro atoms. The number of aryl methyl sites for hydroxylation is 1. The predicted molar refractivity (Wildman–Crippen MR) is 143 cm³/mol. The van der Waals surface area contributed by atoms with Gasteiger partial charge >= 0.3 is 0 Å². The first-order valence-corrected chi connectivity index (χ1v) is 13.6. The van der Waals surface area contributed by atoms with Crippen LogP contribution in [0.1, 0.15) is 40.8 Å². The van der Waals surface area contributed by atoms with Gasteiger partial charge in [0.1, 0.15) is 11.6 Å². The number of thioether (sulfide) groups is 1. The maximum Gasteiger partial charge on any atom is 0.189 e. The molecule has 3 aromatic carbocycles. The van der Waals surface area contributed by atoms with Gasteiger partial charge in [-0.25, -0.2) is 14.1 Å². The van der Waals surface area contributed by atoms with Crippen molar-refractivity contribution in [2.24, 2.45) is 0 Å². The largest absolute Gasteiger partial charge is 0.370 e. The van der Waals surface area contributed by atoms with Crippen molar-refractivity contribution in [1.82, 2.24) is 24.6 Å². The highest BCUT2D eigenvalue weighted by Gasteiger charge is 2.43. The lowest BCUT2D eigenvalue weighted by molar-refractivity contribution is 0.0277. The minimum Gasteiger partial charge on any atom is -0.370 e. The normalized spacial score (nSPS) is 21.3. The number of nitrogens with zero attached hydrogens (tertiary/aromatic N) is 5. The summed E-state index contributed by atoms with van der Waals surface area (Å²) in [4.78, 5) is 9.40. The number of aliphatic hydroxyl groups excluding tert-OH is 1. The van der Waals surface area contributed by atoms with Gasteiger partial charge in [0.05, 0.1) is 17.3 Å². The van der Waals surface area contributed by atoms with Gasteiger partial charge in [-0.2, -0.15) is 5.10 Å². The molecule has 8 heteroatoms. The minimum absolute atomic E-state index is 0.167. The number of hydrogen-bond donors (Lipinski definition) is 1. The second-order valence-electron chi connectivity index (χ2n) is 9.68. The lowest BCUT2D eigenvalue weighted by Crippen LogP contribution is -2.51. The lowest BCUT2D eigenvalue weighted by atomic mass is 9.95. The summed E-state index contributed by atoms with van der Waals surface area (Å²) in [6.45, 7) is 5.14. The summed E-state index contributed by atoms with van der Waals surface area (Å²) in [5, 5.41) is 16.1. The number of hydrogen-bond acceptors (Lipinski definition) is 6. The highest BCUT2D eigenvalue weighted by atomic mass is 32.2. The molecule has 37 heavy (non-hydrogen) atoms. The number of piperazine rings is 1. The predicted octanol–water partition coefficient (Wildman–Crippen LogP) is 4.84. The van der Waals surface area contributed by atoms with Gasteiger partial charge in [-0.15, -0.1) is 0 Å². The van der Waals surface area contributed by atoms with Gasteiger partial charge < -0.3 is 5.11 Å². The van der Waals surface area contributed by atoms with E-state index < -0.39 is 6.23 Å². The molecule has 1 saturated heterocycles. The fourth-order valence-electron chi connectivity index (χ4n) is 5.67. The molecule has 6 rings (SSSR count). The molecule has 3 unspecified atom stereocenters. The molecular weight excluding hydrogens is 485 g/mol. The van der Waals surface area contributed by atoms with Crippen LogP contribution < -0.4 is 0 Å². The topological polar surface area (TPSA) is 57.4 Å². The third-order valence-electron chi connectivity index (χ3n) is 7.33. The first kappa shape index (κ1) is 24.3. The fourth-order valence-corrected chi connectivity index (χ4v) is 7.05. The van der Waals surface area contributed by atoms with Gasteiger partial charge in [-0.1, -0.05) is 84.6 Å². The van der Waals surface area contributed by atoms with E-state index in [1.54, 1.807) is 16.8 Å². The van der Waals surface area contributed by atoms with E-state index >= 15 is 0 Å². The first-order valence-electron chi connectivity index (χ1n) is 12.7. The second-order valence-corrected chi connectivity index (χ2v) is 10.8. The standard InChI is InChI=1S/C29H30FN5OS/c1-20-31-29-35(32-20)28(36)27(37-29)26(23-13-8-14-24(30)19-23)34-17-15-33(16-18-34)25(21-9-4-2-5-10-21)22-11-6-3-7-12-22/h2-14,19,25-28,36H,15-18H2,1H3. The zero-order chi connectivity index (χ0) is 25.4. The average Bonchev–Trinajstić information content (AvgIpc) is 3.43. The van der Waals surface area contributed by atoms with E-state index in [1.165, 1.54) is 29.0 Å². The Morgan fingerprint density at radius 3 is 2.03 bits per heavy atom. The number of halogens is 1. The van der Waals surface area contributed by atoms with Crippen molar-refractivity contribution < 1.29 is 9.50 Å². The molecular formula is C29H30FN5OS. The van der Waals surface area contributed by atoms with Crippen molar-refractivity contribution >= 4 is 11.8 Å². The van der Waals surface area contributed by atoms with E-state index in [1.807, 2.05) is 13.0 Å². The average molecular weight is 516 g/mol. The van der Waals surface area contributed by atoms with Crippen LogP contribution in [0.3, 0.4) is 0 Å². The summed E-state index contributed by atoms with van der Waals surface area (Å²) in [5.41, 5.74) is 3.42. The van der Waals surface area contributed by atoms with E-state index in [-0.39, 0.29) is 23.2 Å². The molecule has 4 aromatic rings. The summed E-state index contributed by atoms with van der Waals surface area (Å²) in [5.74, 6) is 0.377. The highest BCUT2D eigenvalue weighted by molar-refractivity contribution is 8.00. The molecule has 2 aliphatic rings. The number of rotatable bonds is 6. The van der Waals surface area contributed by atoms with Gasteiger partial charge in [0.15, 0.2) is 11.4 Å². The van der Waals surface area contributed by atoms with Crippen LogP contribution in [-0.4, -0.2) is 61.1 Å². The summed E-state index contributed by atoms with van der Waals surface area (Å²) in [6, 6.07) is 28.1. The molecule has 1 fully saturated rings. The second kappa shape index (κ2) is 10.4. The lowest BCUT2D eigenvalue weighted by Gasteiger charge is -2.44. The fraction of sp³-hybridized carbons (Fsp3) is 0.310. The van der Waals surface area contributed by atoms with Crippen LogP contribution in [0.25, 0.3) is 0 Å². The van der Waals surface area contributed by atoms with Crippen molar-refractivity contribution in [3.8, 4) is 0 Å². The number of benzene rings is 3. The van der Waals surface area contributed by atoms with Gasteiger partial charge in [-0.3, -0.25) is 9.80 Å². The van der Waals surface area contributed by atoms with Crippen LogP contribution in [0.15, 0.2) is 90.1 Å². The Bertz CT molecular complexity index is 1300. The van der Waals surface area contributed by atoms with E-state index in [0.29, 0.717) is 11.0 Å². The summed E-state index contributed by atoms with van der Waals surface area (Å²) in [6.07, 6.45) is -0.825. The number of aromatic nitrogens is 3. The molecule has 1 N–H and O–H groups in total. The molecule has 2 aliphatic heterocycles. The Morgan fingerprint density at radius 2 is 1.43 bits per heavy atom. The Morgan fingerprint density at radius 1 is 0.838 bits per heavy atom. The quantitative estimate of drug-likeness (QED) is 0.397. The Labute approximate surface area is 220 Å². The van der Waals surface area contributed by atoms with Crippen LogP contribution in [0.5, 0.6) is 0 Å². The molecule has 0 saturated carbocycles. The SMILES string of the molecule is Cc1nc2n(n1)C(O)C(C(c1cccc(F)c1)N1CCN(C(c3ccccc3)c3ccccc3)CC1)S2. The van der Waals surface area contributed by atoms with E-state index in [9.17, 15) is 9.50 Å². The van der Waals surface area contributed by atoms with Gasteiger partial charge in [0.2, 0.25) is 0 Å². The molecule has 190 valence electrons. The van der Waals surface area contributed by atoms with E-state index in [0.717, 1.165) is 31.7 Å². The monoisotopic (exact) mass is 515 g/mol. The molecule has 0 amide bonds. The number of fused-ring (bicyclic) bond motifs is 1. The smallest absolute Gasteiger partial charge is 0.189 e. The van der Waals surface area contributed by atoms with Crippen LogP contribution in [0, 0.1) is 12.7 Å². The van der Waals surface area contributed by atoms with Crippen LogP contribution in [-0.2, 0) is 0 Å². The van der Waals surface area contributed by atoms with Gasteiger partial charge in [0.25, 0.3) is 0 Å². The molecule has 3 heterocycles. The molecule has 0 aliphatic carbocycles. The summed E-state index contributed by atoms with van der Waals surface area (Å²) < 4.78 is 16.0. The molecule has 6 nitrogen and oxygen atoms in total. The van der Waals surface area contributed by atoms with Crippen LogP contribution >= 0.6 is 11.8 Å². The van der Waals surface area contributed by atoms with Crippen molar-refractivity contribution in [3.05, 3.63) is 113 Å². The third-order valence-corrected chi connectivity index (χ3v) is 8.59. The van der Waals surface area contributed by atoms with Gasteiger partial charge in [-0.05, 0) is 35.7 Å². The summed E-state index contributed by atoms with van der Waals surface area (Å²) >= 11 is 1.53. The van der Waals surface area contributed by atoms with E-state index in [2.05, 4.69) is 80.5 Å². The molecule has 0 radical (unpaired) electrons. The Hall–Kier alpha value is -3.04. The molecule has 3 atom stereocenters. The zero-order valence-electron chi connectivity index (χ0n) is 20.7. The maximum atomic E-state index is 14.4. The molecule has 0 bridgehead atoms. The zero-order valence-corrected chi connectivity index (χ0v) is 21.5. The van der Waals surface area contributed by atoms with Crippen molar-refractivity contribution in [2.45, 2.75) is 35.6 Å². The van der Waals surface area contributed by atoms with Crippen molar-refractivity contribution in [1.29, 1.82) is 0 Å². The minimum atomic E-state index is -0.825. The Balaban J connectivity index is 1.27. The summed E-state index contributed by atoms with van der Waals surface area (Å²) in [7, 11) is 0. The number of aliphatic hydroxyl groups is 1. The van der Waals surface area contributed by atoms with E-state index in [4.69, 9.17) is 0 Å². The Kier molecular flexibility index (Phi) is 6.82. The van der Waals surface area contributed by atoms with Gasteiger partial charge in [0, 0.05) is 26.2 Å². The molecule has 1 aromatic heterocycles. The first-order chi connectivity index (χ1) is 18.1. The van der Waals surface area contributed by atoms with Crippen molar-refractivity contribution in [2.75, 3.05) is 26.2 Å². The maximum absolute atomic E-state index is 14.4. The van der Waals surface area contributed by atoms with Crippen LogP contribution in [0.4, 0.5) is 4.39 Å².